The van der Waals surface area contributed by atoms with E-state index in [-0.39, 0.29) is 5.78 Å². The van der Waals surface area contributed by atoms with E-state index in [0.717, 1.165) is 19.3 Å². The van der Waals surface area contributed by atoms with Crippen LogP contribution in [-0.4, -0.2) is 16.9 Å². The van der Waals surface area contributed by atoms with E-state index in [1.807, 2.05) is 0 Å². The Labute approximate surface area is 84.8 Å². The van der Waals surface area contributed by atoms with E-state index in [4.69, 9.17) is 5.11 Å². The molecule has 3 heteroatoms. The van der Waals surface area contributed by atoms with Crippen LogP contribution >= 0.6 is 0 Å². The highest BCUT2D eigenvalue weighted by Gasteiger charge is 2.06. The molecule has 1 N–H and O–H groups in total. The number of carboxylic acid groups (broad SMARTS) is 1. The molecule has 1 unspecified atom stereocenters. The van der Waals surface area contributed by atoms with Crippen LogP contribution in [0.3, 0.4) is 0 Å². The second-order valence-electron chi connectivity index (χ2n) is 3.41. The molecule has 0 aliphatic carbocycles. The zero-order valence-electron chi connectivity index (χ0n) is 8.82. The molecule has 3 nitrogen and oxygen atoms in total. The first-order valence-electron chi connectivity index (χ1n) is 5.01. The average Bonchev–Trinajstić information content (AvgIpc) is 2.14. The molecule has 0 rings (SSSR count). The van der Waals surface area contributed by atoms with Gasteiger partial charge < -0.3 is 5.11 Å². The van der Waals surface area contributed by atoms with Gasteiger partial charge in [-0.1, -0.05) is 25.8 Å². The zero-order chi connectivity index (χ0) is 11.0. The van der Waals surface area contributed by atoms with E-state index in [2.05, 4.69) is 6.92 Å². The number of hydrogen-bond acceptors (Lipinski definition) is 2. The summed E-state index contributed by atoms with van der Waals surface area (Å²) in [5, 5.41) is 8.55. The molecule has 0 bridgehead atoms. The minimum absolute atomic E-state index is 0.0200. The molecule has 1 atom stereocenters. The normalized spacial score (nSPS) is 13.0. The third-order valence-electron chi connectivity index (χ3n) is 1.99. The molecule has 0 aromatic rings. The fourth-order valence-corrected chi connectivity index (χ4v) is 0.967. The summed E-state index contributed by atoms with van der Waals surface area (Å²) >= 11 is 0. The van der Waals surface area contributed by atoms with Crippen molar-refractivity contribution in [3.63, 3.8) is 0 Å². The van der Waals surface area contributed by atoms with Gasteiger partial charge in [0.05, 0.1) is 5.92 Å². The van der Waals surface area contributed by atoms with E-state index < -0.39 is 11.9 Å². The maximum absolute atomic E-state index is 11.2. The summed E-state index contributed by atoms with van der Waals surface area (Å²) in [5.74, 6) is -1.46. The Balaban J connectivity index is 3.76. The molecule has 0 spiro atoms. The topological polar surface area (TPSA) is 54.4 Å². The average molecular weight is 198 g/mol. The van der Waals surface area contributed by atoms with Gasteiger partial charge in [-0.3, -0.25) is 9.59 Å². The van der Waals surface area contributed by atoms with E-state index >= 15 is 0 Å². The minimum atomic E-state index is -0.900. The van der Waals surface area contributed by atoms with Gasteiger partial charge in [-0.05, 0) is 19.4 Å². The fraction of sp³-hybridized carbons (Fsp3) is 0.636. The summed E-state index contributed by atoms with van der Waals surface area (Å²) in [7, 11) is 0. The number of carboxylic acids is 1. The highest BCUT2D eigenvalue weighted by molar-refractivity contribution is 5.90. The van der Waals surface area contributed by atoms with Crippen molar-refractivity contribution in [1.29, 1.82) is 0 Å². The van der Waals surface area contributed by atoms with E-state index in [1.165, 1.54) is 12.2 Å². The molecule has 0 aliphatic rings. The Morgan fingerprint density at radius 1 is 1.36 bits per heavy atom. The highest BCUT2D eigenvalue weighted by Crippen LogP contribution is 2.02. The molecular formula is C11H18O3. The largest absolute Gasteiger partial charge is 0.481 e. The second-order valence-corrected chi connectivity index (χ2v) is 3.41. The maximum atomic E-state index is 11.2. The molecule has 80 valence electrons. The van der Waals surface area contributed by atoms with Crippen molar-refractivity contribution >= 4 is 11.8 Å². The molecule has 0 heterocycles. The highest BCUT2D eigenvalue weighted by atomic mass is 16.4. The minimum Gasteiger partial charge on any atom is -0.481 e. The number of unbranched alkanes of at least 4 members (excludes halogenated alkanes) is 2. The van der Waals surface area contributed by atoms with Gasteiger partial charge in [0, 0.05) is 6.42 Å². The third kappa shape index (κ3) is 6.40. The summed E-state index contributed by atoms with van der Waals surface area (Å²) in [6.07, 6.45) is 6.37. The first kappa shape index (κ1) is 12.9. The first-order valence-corrected chi connectivity index (χ1v) is 5.01. The summed E-state index contributed by atoms with van der Waals surface area (Å²) in [5.41, 5.74) is 0. The molecule has 0 aromatic heterocycles. The second kappa shape index (κ2) is 7.30. The van der Waals surface area contributed by atoms with Crippen LogP contribution in [0.5, 0.6) is 0 Å². The van der Waals surface area contributed by atoms with Crippen molar-refractivity contribution in [3.8, 4) is 0 Å². The predicted molar refractivity (Wildman–Crippen MR) is 55.1 cm³/mol. The smallest absolute Gasteiger partial charge is 0.310 e. The monoisotopic (exact) mass is 198 g/mol. The van der Waals surface area contributed by atoms with Crippen molar-refractivity contribution in [2.24, 2.45) is 5.92 Å². The van der Waals surface area contributed by atoms with Crippen LogP contribution in [0.1, 0.15) is 39.5 Å². The van der Waals surface area contributed by atoms with Crippen LogP contribution < -0.4 is 0 Å². The van der Waals surface area contributed by atoms with Gasteiger partial charge >= 0.3 is 5.97 Å². The lowest BCUT2D eigenvalue weighted by molar-refractivity contribution is -0.139. The number of allylic oxidation sites excluding steroid dienone is 1. The standard InChI is InChI=1S/C11H18O3/c1-3-4-5-6-10(12)8-7-9(2)11(13)14/h7-9H,3-6H2,1-2H3,(H,13,14)/b8-7+. The molecule has 0 saturated carbocycles. The summed E-state index contributed by atoms with van der Waals surface area (Å²) in [6.45, 7) is 3.63. The van der Waals surface area contributed by atoms with Crippen LogP contribution in [0.15, 0.2) is 12.2 Å². The van der Waals surface area contributed by atoms with Gasteiger partial charge in [0.2, 0.25) is 0 Å². The number of rotatable bonds is 7. The van der Waals surface area contributed by atoms with E-state index in [9.17, 15) is 9.59 Å². The van der Waals surface area contributed by atoms with E-state index in [1.54, 1.807) is 6.92 Å². The number of carbonyl (C=O) groups excluding carboxylic acids is 1. The lowest BCUT2D eigenvalue weighted by Crippen LogP contribution is -2.06. The van der Waals surface area contributed by atoms with Crippen molar-refractivity contribution in [2.75, 3.05) is 0 Å². The molecule has 0 radical (unpaired) electrons. The molecule has 14 heavy (non-hydrogen) atoms. The van der Waals surface area contributed by atoms with Crippen LogP contribution in [0.4, 0.5) is 0 Å². The molecule has 0 aliphatic heterocycles. The maximum Gasteiger partial charge on any atom is 0.310 e. The van der Waals surface area contributed by atoms with Crippen LogP contribution in [0.2, 0.25) is 0 Å². The van der Waals surface area contributed by atoms with Crippen molar-refractivity contribution in [2.45, 2.75) is 39.5 Å². The summed E-state index contributed by atoms with van der Waals surface area (Å²) in [6, 6.07) is 0. The van der Waals surface area contributed by atoms with Gasteiger partial charge in [-0.15, -0.1) is 0 Å². The van der Waals surface area contributed by atoms with Crippen molar-refractivity contribution in [1.82, 2.24) is 0 Å². The molecule has 0 aromatic carbocycles. The van der Waals surface area contributed by atoms with Gasteiger partial charge in [-0.2, -0.15) is 0 Å². The number of ketones is 1. The lowest BCUT2D eigenvalue weighted by Gasteiger charge is -1.97. The van der Waals surface area contributed by atoms with Crippen LogP contribution in [-0.2, 0) is 9.59 Å². The SMILES string of the molecule is CCCCCC(=O)/C=C/C(C)C(=O)O. The van der Waals surface area contributed by atoms with Crippen molar-refractivity contribution in [3.05, 3.63) is 12.2 Å². The third-order valence-corrected chi connectivity index (χ3v) is 1.99. The predicted octanol–water partition coefficient (Wildman–Crippen LogP) is 2.41. The number of hydrogen-bond donors (Lipinski definition) is 1. The summed E-state index contributed by atoms with van der Waals surface area (Å²) in [4.78, 5) is 21.6. The Kier molecular flexibility index (Phi) is 6.72. The Hall–Kier alpha value is -1.12. The molecule has 0 amide bonds. The van der Waals surface area contributed by atoms with E-state index in [0.29, 0.717) is 6.42 Å². The van der Waals surface area contributed by atoms with Crippen LogP contribution in [0.25, 0.3) is 0 Å². The van der Waals surface area contributed by atoms with Gasteiger partial charge in [0.25, 0.3) is 0 Å². The van der Waals surface area contributed by atoms with Gasteiger partial charge in [0.1, 0.15) is 0 Å². The van der Waals surface area contributed by atoms with Crippen LogP contribution in [0, 0.1) is 5.92 Å². The Morgan fingerprint density at radius 3 is 2.50 bits per heavy atom. The number of carbonyl (C=O) groups is 2. The van der Waals surface area contributed by atoms with Gasteiger partial charge in [-0.25, -0.2) is 0 Å². The van der Waals surface area contributed by atoms with Gasteiger partial charge in [0.15, 0.2) is 5.78 Å². The number of aliphatic carboxylic acids is 1. The molecule has 0 fully saturated rings. The fourth-order valence-electron chi connectivity index (χ4n) is 0.967. The quantitative estimate of drug-likeness (QED) is 0.505. The van der Waals surface area contributed by atoms with Crippen molar-refractivity contribution < 1.29 is 14.7 Å². The zero-order valence-corrected chi connectivity index (χ0v) is 8.82. The molecular weight excluding hydrogens is 180 g/mol. The Bertz CT molecular complexity index is 219. The summed E-state index contributed by atoms with van der Waals surface area (Å²) < 4.78 is 0. The Morgan fingerprint density at radius 2 is 2.00 bits per heavy atom. The lowest BCUT2D eigenvalue weighted by atomic mass is 10.1. The molecule has 0 saturated heterocycles. The first-order chi connectivity index (χ1) is 6.57.